The molecule has 0 aromatic heterocycles. The first-order valence-electron chi connectivity index (χ1n) is 7.46. The van der Waals surface area contributed by atoms with E-state index < -0.39 is 0 Å². The molecular weight excluding hydrogens is 435 g/mol. The third-order valence-corrected chi connectivity index (χ3v) is 4.34. The van der Waals surface area contributed by atoms with Gasteiger partial charge in [-0.1, -0.05) is 13.8 Å². The summed E-state index contributed by atoms with van der Waals surface area (Å²) in [5.74, 6) is 0.793. The fourth-order valence-corrected chi connectivity index (χ4v) is 2.91. The minimum atomic E-state index is -0.258. The Bertz CT molecular complexity index is 745. The van der Waals surface area contributed by atoms with Gasteiger partial charge < -0.3 is 10.1 Å². The monoisotopic (exact) mass is 454 g/mol. The largest absolute Gasteiger partial charge is 0.497 e. The van der Waals surface area contributed by atoms with Crippen molar-refractivity contribution in [1.82, 2.24) is 5.32 Å². The SMILES string of the molecule is COc1ccc(C(=O)NC(=S)Nc2ccc(I)cc2C(C)C)cc1. The average molecular weight is 454 g/mol. The van der Waals surface area contributed by atoms with Gasteiger partial charge in [-0.05, 0) is 88.8 Å². The van der Waals surface area contributed by atoms with Crippen LogP contribution in [0.15, 0.2) is 42.5 Å². The van der Waals surface area contributed by atoms with Crippen molar-refractivity contribution in [3.63, 3.8) is 0 Å². The molecule has 0 unspecified atom stereocenters. The fraction of sp³-hybridized carbons (Fsp3) is 0.222. The molecule has 6 heteroatoms. The molecule has 0 heterocycles. The van der Waals surface area contributed by atoms with Gasteiger partial charge in [0.05, 0.1) is 7.11 Å². The number of ether oxygens (including phenoxy) is 1. The summed E-state index contributed by atoms with van der Waals surface area (Å²) in [6, 6.07) is 13.0. The van der Waals surface area contributed by atoms with Crippen molar-refractivity contribution in [2.24, 2.45) is 0 Å². The lowest BCUT2D eigenvalue weighted by atomic mass is 10.0. The van der Waals surface area contributed by atoms with Crippen molar-refractivity contribution in [2.45, 2.75) is 19.8 Å². The van der Waals surface area contributed by atoms with Crippen LogP contribution in [0.25, 0.3) is 0 Å². The number of carbonyl (C=O) groups is 1. The molecule has 0 saturated carbocycles. The molecule has 0 bridgehead atoms. The zero-order valence-corrected chi connectivity index (χ0v) is 16.7. The van der Waals surface area contributed by atoms with Crippen LogP contribution in [0.1, 0.15) is 35.7 Å². The highest BCUT2D eigenvalue weighted by Crippen LogP contribution is 2.26. The summed E-state index contributed by atoms with van der Waals surface area (Å²) in [5, 5.41) is 6.09. The minimum Gasteiger partial charge on any atom is -0.497 e. The molecule has 126 valence electrons. The van der Waals surface area contributed by atoms with E-state index in [1.165, 1.54) is 0 Å². The van der Waals surface area contributed by atoms with Gasteiger partial charge in [0.15, 0.2) is 5.11 Å². The van der Waals surface area contributed by atoms with Gasteiger partial charge in [0.25, 0.3) is 5.91 Å². The van der Waals surface area contributed by atoms with Crippen molar-refractivity contribution in [2.75, 3.05) is 12.4 Å². The second-order valence-electron chi connectivity index (χ2n) is 5.52. The van der Waals surface area contributed by atoms with Gasteiger partial charge in [0.2, 0.25) is 0 Å². The Morgan fingerprint density at radius 2 is 1.83 bits per heavy atom. The number of rotatable bonds is 4. The third-order valence-electron chi connectivity index (χ3n) is 3.46. The Hall–Kier alpha value is -1.67. The number of halogens is 1. The molecule has 1 amide bonds. The van der Waals surface area contributed by atoms with Crippen LogP contribution in [-0.4, -0.2) is 18.1 Å². The predicted octanol–water partition coefficient (Wildman–Crippen LogP) is 4.55. The van der Waals surface area contributed by atoms with Crippen LogP contribution >= 0.6 is 34.8 Å². The van der Waals surface area contributed by atoms with E-state index >= 15 is 0 Å². The zero-order valence-electron chi connectivity index (χ0n) is 13.7. The van der Waals surface area contributed by atoms with Gasteiger partial charge in [-0.15, -0.1) is 0 Å². The Kier molecular flexibility index (Phi) is 6.56. The standard InChI is InChI=1S/C18H19IN2O2S/c1-11(2)15-10-13(19)6-9-16(15)20-18(24)21-17(22)12-4-7-14(23-3)8-5-12/h4-11H,1-3H3,(H2,20,21,22,24). The van der Waals surface area contributed by atoms with E-state index in [1.54, 1.807) is 31.4 Å². The highest BCUT2D eigenvalue weighted by molar-refractivity contribution is 14.1. The van der Waals surface area contributed by atoms with Crippen LogP contribution in [0.5, 0.6) is 5.75 Å². The van der Waals surface area contributed by atoms with E-state index in [1.807, 2.05) is 12.1 Å². The Labute approximate surface area is 161 Å². The van der Waals surface area contributed by atoms with Gasteiger partial charge in [-0.2, -0.15) is 0 Å². The lowest BCUT2D eigenvalue weighted by molar-refractivity contribution is 0.0977. The predicted molar refractivity (Wildman–Crippen MR) is 110 cm³/mol. The van der Waals surface area contributed by atoms with Gasteiger partial charge in [-0.25, -0.2) is 0 Å². The van der Waals surface area contributed by atoms with Crippen molar-refractivity contribution < 1.29 is 9.53 Å². The highest BCUT2D eigenvalue weighted by atomic mass is 127. The maximum absolute atomic E-state index is 12.2. The van der Waals surface area contributed by atoms with Crippen LogP contribution in [-0.2, 0) is 0 Å². The summed E-state index contributed by atoms with van der Waals surface area (Å²) in [6.07, 6.45) is 0. The van der Waals surface area contributed by atoms with E-state index in [0.29, 0.717) is 17.2 Å². The third kappa shape index (κ3) is 4.91. The zero-order chi connectivity index (χ0) is 17.7. The average Bonchev–Trinajstić information content (AvgIpc) is 2.56. The normalized spacial score (nSPS) is 10.4. The van der Waals surface area contributed by atoms with Crippen LogP contribution in [0.3, 0.4) is 0 Å². The number of carbonyl (C=O) groups excluding carboxylic acids is 1. The molecule has 0 atom stereocenters. The Balaban J connectivity index is 2.06. The smallest absolute Gasteiger partial charge is 0.257 e. The van der Waals surface area contributed by atoms with Crippen LogP contribution in [0.4, 0.5) is 5.69 Å². The summed E-state index contributed by atoms with van der Waals surface area (Å²) < 4.78 is 6.25. The molecular formula is C18H19IN2O2S. The molecule has 0 spiro atoms. The number of anilines is 1. The molecule has 0 aliphatic heterocycles. The first kappa shape index (κ1) is 18.7. The molecule has 0 fully saturated rings. The van der Waals surface area contributed by atoms with E-state index in [-0.39, 0.29) is 11.0 Å². The van der Waals surface area contributed by atoms with Gasteiger partial charge >= 0.3 is 0 Å². The van der Waals surface area contributed by atoms with Gasteiger partial charge in [-0.3, -0.25) is 10.1 Å². The van der Waals surface area contributed by atoms with Crippen LogP contribution in [0.2, 0.25) is 0 Å². The summed E-state index contributed by atoms with van der Waals surface area (Å²) in [6.45, 7) is 4.24. The second-order valence-corrected chi connectivity index (χ2v) is 7.18. The lowest BCUT2D eigenvalue weighted by Gasteiger charge is -2.16. The molecule has 2 aromatic rings. The maximum atomic E-state index is 12.2. The number of hydrogen-bond acceptors (Lipinski definition) is 3. The van der Waals surface area contributed by atoms with Crippen molar-refractivity contribution in [1.29, 1.82) is 0 Å². The molecule has 4 nitrogen and oxygen atoms in total. The number of benzene rings is 2. The first-order chi connectivity index (χ1) is 11.4. The molecule has 2 rings (SSSR count). The number of hydrogen-bond donors (Lipinski definition) is 2. The van der Waals surface area contributed by atoms with Crippen LogP contribution in [0, 0.1) is 3.57 Å². The second kappa shape index (κ2) is 8.43. The summed E-state index contributed by atoms with van der Waals surface area (Å²) in [5.41, 5.74) is 2.58. The van der Waals surface area contributed by atoms with E-state index in [2.05, 4.69) is 53.1 Å². The quantitative estimate of drug-likeness (QED) is 0.526. The van der Waals surface area contributed by atoms with Gasteiger partial charge in [0, 0.05) is 14.8 Å². The number of methoxy groups -OCH3 is 1. The molecule has 24 heavy (non-hydrogen) atoms. The number of thiocarbonyl (C=S) groups is 1. The fourth-order valence-electron chi connectivity index (χ4n) is 2.20. The summed E-state index contributed by atoms with van der Waals surface area (Å²) >= 11 is 7.55. The van der Waals surface area contributed by atoms with E-state index in [4.69, 9.17) is 17.0 Å². The Morgan fingerprint density at radius 1 is 1.17 bits per heavy atom. The van der Waals surface area contributed by atoms with Crippen molar-refractivity contribution >= 4 is 51.5 Å². The summed E-state index contributed by atoms with van der Waals surface area (Å²) in [7, 11) is 1.58. The molecule has 0 saturated heterocycles. The molecule has 2 N–H and O–H groups in total. The van der Waals surface area contributed by atoms with Gasteiger partial charge in [0.1, 0.15) is 5.75 Å². The number of nitrogens with one attached hydrogen (secondary N) is 2. The van der Waals surface area contributed by atoms with Crippen molar-refractivity contribution in [3.8, 4) is 5.75 Å². The molecule has 2 aromatic carbocycles. The molecule has 0 aliphatic carbocycles. The summed E-state index contributed by atoms with van der Waals surface area (Å²) in [4.78, 5) is 12.2. The lowest BCUT2D eigenvalue weighted by Crippen LogP contribution is -2.34. The Morgan fingerprint density at radius 3 is 2.42 bits per heavy atom. The molecule has 0 aliphatic rings. The van der Waals surface area contributed by atoms with Crippen molar-refractivity contribution in [3.05, 3.63) is 57.2 Å². The molecule has 0 radical (unpaired) electrons. The number of amides is 1. The topological polar surface area (TPSA) is 50.4 Å². The minimum absolute atomic E-state index is 0.258. The maximum Gasteiger partial charge on any atom is 0.257 e. The highest BCUT2D eigenvalue weighted by Gasteiger charge is 2.11. The van der Waals surface area contributed by atoms with E-state index in [0.717, 1.165) is 14.8 Å². The first-order valence-corrected chi connectivity index (χ1v) is 8.95. The van der Waals surface area contributed by atoms with Crippen LogP contribution < -0.4 is 15.4 Å². The van der Waals surface area contributed by atoms with E-state index in [9.17, 15) is 4.79 Å².